The van der Waals surface area contributed by atoms with Crippen molar-refractivity contribution in [2.24, 2.45) is 4.99 Å². The lowest BCUT2D eigenvalue weighted by Gasteiger charge is -2.25. The van der Waals surface area contributed by atoms with E-state index in [4.69, 9.17) is 9.47 Å². The van der Waals surface area contributed by atoms with Crippen molar-refractivity contribution in [2.45, 2.75) is 38.5 Å². The minimum Gasteiger partial charge on any atom is -0.486 e. The third-order valence-electron chi connectivity index (χ3n) is 3.63. The van der Waals surface area contributed by atoms with Crippen molar-refractivity contribution in [1.82, 2.24) is 10.6 Å². The highest BCUT2D eigenvalue weighted by atomic mass is 127. The molecule has 0 bridgehead atoms. The molecule has 2 rings (SSSR count). The Morgan fingerprint density at radius 1 is 1.27 bits per heavy atom. The number of para-hydroxylation sites is 2. The molecule has 0 fully saturated rings. The van der Waals surface area contributed by atoms with Gasteiger partial charge in [-0.1, -0.05) is 12.1 Å². The molecule has 1 aromatic carbocycles. The fourth-order valence-electron chi connectivity index (χ4n) is 2.26. The molecule has 148 valence electrons. The fraction of sp³-hybridized carbons (Fsp3) is 0.611. The Labute approximate surface area is 176 Å². The van der Waals surface area contributed by atoms with Gasteiger partial charge in [-0.2, -0.15) is 0 Å². The van der Waals surface area contributed by atoms with Gasteiger partial charge in [0.05, 0.1) is 6.54 Å². The first-order valence-corrected chi connectivity index (χ1v) is 10.0. The Hall–Kier alpha value is -1.03. The molecule has 0 saturated heterocycles. The second-order valence-electron chi connectivity index (χ2n) is 6.81. The number of hydrogen-bond donors (Lipinski definition) is 2. The van der Waals surface area contributed by atoms with Gasteiger partial charge in [0.25, 0.3) is 0 Å². The zero-order valence-corrected chi connectivity index (χ0v) is 19.1. The van der Waals surface area contributed by atoms with Crippen LogP contribution in [0, 0.1) is 0 Å². The molecule has 1 heterocycles. The van der Waals surface area contributed by atoms with Crippen LogP contribution < -0.4 is 20.1 Å². The van der Waals surface area contributed by atoms with E-state index < -0.39 is 10.8 Å². The largest absolute Gasteiger partial charge is 0.486 e. The Kier molecular flexibility index (Phi) is 9.70. The van der Waals surface area contributed by atoms with E-state index in [2.05, 4.69) is 15.6 Å². The summed E-state index contributed by atoms with van der Waals surface area (Å²) in [5.74, 6) is 2.82. The maximum atomic E-state index is 12.1. The van der Waals surface area contributed by atoms with E-state index >= 15 is 0 Å². The minimum absolute atomic E-state index is 0. The summed E-state index contributed by atoms with van der Waals surface area (Å²) in [5.41, 5.74) is 0. The molecule has 2 N–H and O–H groups in total. The highest BCUT2D eigenvalue weighted by Crippen LogP contribution is 2.30. The molecule has 0 radical (unpaired) electrons. The van der Waals surface area contributed by atoms with E-state index in [1.165, 1.54) is 0 Å². The number of aliphatic imine (C=N–C) groups is 1. The van der Waals surface area contributed by atoms with E-state index in [0.717, 1.165) is 18.0 Å². The number of halogens is 1. The highest BCUT2D eigenvalue weighted by molar-refractivity contribution is 14.0. The lowest BCUT2D eigenvalue weighted by molar-refractivity contribution is 0.0971. The molecule has 26 heavy (non-hydrogen) atoms. The predicted molar refractivity (Wildman–Crippen MR) is 119 cm³/mol. The first kappa shape index (κ1) is 23.0. The molecular weight excluding hydrogens is 465 g/mol. The van der Waals surface area contributed by atoms with Gasteiger partial charge in [-0.05, 0) is 39.8 Å². The van der Waals surface area contributed by atoms with Crippen LogP contribution in [-0.4, -0.2) is 53.0 Å². The summed E-state index contributed by atoms with van der Waals surface area (Å²) in [7, 11) is -0.881. The number of nitrogens with one attached hydrogen (secondary N) is 2. The molecule has 0 aliphatic carbocycles. The van der Waals surface area contributed by atoms with E-state index in [9.17, 15) is 4.21 Å². The Morgan fingerprint density at radius 3 is 2.62 bits per heavy atom. The molecule has 6 nitrogen and oxygen atoms in total. The molecular formula is C18H30IN3O3S. The van der Waals surface area contributed by atoms with Crippen LogP contribution in [0.25, 0.3) is 0 Å². The average Bonchev–Trinajstić information content (AvgIpc) is 2.58. The van der Waals surface area contributed by atoms with Crippen molar-refractivity contribution in [2.75, 3.05) is 32.0 Å². The van der Waals surface area contributed by atoms with Gasteiger partial charge < -0.3 is 20.1 Å². The molecule has 2 atom stereocenters. The van der Waals surface area contributed by atoms with Crippen molar-refractivity contribution in [1.29, 1.82) is 0 Å². The van der Waals surface area contributed by atoms with Crippen LogP contribution in [0.15, 0.2) is 29.3 Å². The monoisotopic (exact) mass is 495 g/mol. The molecule has 1 aliphatic heterocycles. The van der Waals surface area contributed by atoms with Gasteiger partial charge >= 0.3 is 0 Å². The van der Waals surface area contributed by atoms with Crippen molar-refractivity contribution in [3.8, 4) is 11.5 Å². The van der Waals surface area contributed by atoms with Crippen LogP contribution in [0.2, 0.25) is 0 Å². The molecule has 0 amide bonds. The summed E-state index contributed by atoms with van der Waals surface area (Å²) in [4.78, 5) is 4.56. The molecule has 0 aromatic heterocycles. The minimum atomic E-state index is -0.881. The summed E-state index contributed by atoms with van der Waals surface area (Å²) in [5, 5.41) is 6.43. The lowest BCUT2D eigenvalue weighted by Crippen LogP contribution is -2.41. The van der Waals surface area contributed by atoms with Gasteiger partial charge in [0.1, 0.15) is 6.61 Å². The van der Waals surface area contributed by atoms with E-state index in [0.29, 0.717) is 31.4 Å². The van der Waals surface area contributed by atoms with Gasteiger partial charge in [-0.15, -0.1) is 24.0 Å². The van der Waals surface area contributed by atoms with Gasteiger partial charge in [0, 0.05) is 34.4 Å². The van der Waals surface area contributed by atoms with Crippen molar-refractivity contribution in [3.63, 3.8) is 0 Å². The SMILES string of the molecule is CCNC(=NCC1COc2ccccc2O1)NCCS(=O)C(C)(C)C.I. The second kappa shape index (κ2) is 11.0. The highest BCUT2D eigenvalue weighted by Gasteiger charge is 2.21. The lowest BCUT2D eigenvalue weighted by atomic mass is 10.2. The van der Waals surface area contributed by atoms with Crippen LogP contribution in [0.4, 0.5) is 0 Å². The Morgan fingerprint density at radius 2 is 1.96 bits per heavy atom. The first-order chi connectivity index (χ1) is 11.9. The summed E-state index contributed by atoms with van der Waals surface area (Å²) in [6, 6.07) is 7.65. The van der Waals surface area contributed by atoms with E-state index in [-0.39, 0.29) is 34.8 Å². The Balaban J connectivity index is 0.00000338. The summed E-state index contributed by atoms with van der Waals surface area (Å²) in [6.45, 7) is 10.3. The van der Waals surface area contributed by atoms with Crippen LogP contribution >= 0.6 is 24.0 Å². The molecule has 0 saturated carbocycles. The number of ether oxygens (including phenoxy) is 2. The number of nitrogens with zero attached hydrogens (tertiary/aromatic N) is 1. The second-order valence-corrected chi connectivity index (χ2v) is 9.13. The molecule has 0 spiro atoms. The molecule has 8 heteroatoms. The van der Waals surface area contributed by atoms with Gasteiger partial charge in [0.2, 0.25) is 0 Å². The van der Waals surface area contributed by atoms with Crippen LogP contribution in [0.1, 0.15) is 27.7 Å². The fourth-order valence-corrected chi connectivity index (χ4v) is 3.16. The predicted octanol–water partition coefficient (Wildman–Crippen LogP) is 2.55. The average molecular weight is 495 g/mol. The Bertz CT molecular complexity index is 620. The smallest absolute Gasteiger partial charge is 0.191 e. The third kappa shape index (κ3) is 7.30. The van der Waals surface area contributed by atoms with Crippen molar-refractivity contribution in [3.05, 3.63) is 24.3 Å². The maximum absolute atomic E-state index is 12.1. The quantitative estimate of drug-likeness (QED) is 0.361. The third-order valence-corrected chi connectivity index (χ3v) is 5.57. The van der Waals surface area contributed by atoms with Crippen LogP contribution in [-0.2, 0) is 10.8 Å². The number of guanidine groups is 1. The summed E-state index contributed by atoms with van der Waals surface area (Å²) >= 11 is 0. The van der Waals surface area contributed by atoms with Crippen molar-refractivity contribution >= 4 is 40.7 Å². The topological polar surface area (TPSA) is 72.0 Å². The van der Waals surface area contributed by atoms with Crippen LogP contribution in [0.3, 0.4) is 0 Å². The molecule has 1 aromatic rings. The van der Waals surface area contributed by atoms with Crippen LogP contribution in [0.5, 0.6) is 11.5 Å². The van der Waals surface area contributed by atoms with Gasteiger partial charge in [-0.3, -0.25) is 4.21 Å². The first-order valence-electron chi connectivity index (χ1n) is 8.69. The van der Waals surface area contributed by atoms with E-state index in [1.807, 2.05) is 52.0 Å². The normalized spacial score (nSPS) is 17.8. The van der Waals surface area contributed by atoms with E-state index in [1.54, 1.807) is 0 Å². The molecule has 1 aliphatic rings. The summed E-state index contributed by atoms with van der Waals surface area (Å²) < 4.78 is 23.5. The van der Waals surface area contributed by atoms with Crippen molar-refractivity contribution < 1.29 is 13.7 Å². The number of rotatable bonds is 6. The number of hydrogen-bond acceptors (Lipinski definition) is 4. The molecule has 2 unspecified atom stereocenters. The maximum Gasteiger partial charge on any atom is 0.191 e. The number of fused-ring (bicyclic) bond motifs is 1. The van der Waals surface area contributed by atoms with Gasteiger partial charge in [-0.25, -0.2) is 4.99 Å². The summed E-state index contributed by atoms with van der Waals surface area (Å²) in [6.07, 6.45) is -0.117. The van der Waals surface area contributed by atoms with Gasteiger partial charge in [0.15, 0.2) is 23.6 Å². The number of benzene rings is 1. The zero-order chi connectivity index (χ0) is 18.3. The standard InChI is InChI=1S/C18H29N3O3S.HI/c1-5-19-17(20-10-11-25(22)18(2,3)4)21-12-14-13-23-15-8-6-7-9-16(15)24-14;/h6-9,14H,5,10-13H2,1-4H3,(H2,19,20,21);1H. The zero-order valence-electron chi connectivity index (χ0n) is 15.9.